The van der Waals surface area contributed by atoms with Crippen molar-refractivity contribution in [3.05, 3.63) is 36.0 Å². The Morgan fingerprint density at radius 1 is 1.14 bits per heavy atom. The Hall–Kier alpha value is -1.61. The van der Waals surface area contributed by atoms with Crippen molar-refractivity contribution in [1.82, 2.24) is 10.3 Å². The average Bonchev–Trinajstić information content (AvgIpc) is 2.55. The summed E-state index contributed by atoms with van der Waals surface area (Å²) < 4.78 is 0. The van der Waals surface area contributed by atoms with E-state index in [-0.39, 0.29) is 0 Å². The van der Waals surface area contributed by atoms with Crippen LogP contribution in [0.15, 0.2) is 30.3 Å². The molecular weight excluding hydrogens is 258 g/mol. The molecule has 3 nitrogen and oxygen atoms in total. The second kappa shape index (κ2) is 6.90. The van der Waals surface area contributed by atoms with Gasteiger partial charge in [-0.3, -0.25) is 0 Å². The predicted octanol–water partition coefficient (Wildman–Crippen LogP) is 3.72. The standard InChI is InChI=1S/C18H25N3/c1-2-10-19-14-16-13-15-8-4-5-9-17(15)18(20-16)21-11-6-3-7-12-21/h4-5,8-9,13,19H,2-3,6-7,10-12,14H2,1H3. The van der Waals surface area contributed by atoms with Gasteiger partial charge in [0.05, 0.1) is 5.69 Å². The summed E-state index contributed by atoms with van der Waals surface area (Å²) in [6, 6.07) is 10.9. The number of aromatic nitrogens is 1. The van der Waals surface area contributed by atoms with Crippen molar-refractivity contribution in [3.63, 3.8) is 0 Å². The van der Waals surface area contributed by atoms with Crippen molar-refractivity contribution in [2.45, 2.75) is 39.2 Å². The normalized spacial score (nSPS) is 15.6. The molecule has 112 valence electrons. The molecule has 1 N–H and O–H groups in total. The molecule has 1 aromatic carbocycles. The topological polar surface area (TPSA) is 28.2 Å². The zero-order valence-electron chi connectivity index (χ0n) is 12.9. The molecule has 0 aliphatic carbocycles. The minimum absolute atomic E-state index is 0.861. The van der Waals surface area contributed by atoms with Crippen molar-refractivity contribution >= 4 is 16.6 Å². The van der Waals surface area contributed by atoms with Gasteiger partial charge >= 0.3 is 0 Å². The number of nitrogens with one attached hydrogen (secondary N) is 1. The average molecular weight is 283 g/mol. The largest absolute Gasteiger partial charge is 0.356 e. The van der Waals surface area contributed by atoms with E-state index >= 15 is 0 Å². The smallest absolute Gasteiger partial charge is 0.136 e. The van der Waals surface area contributed by atoms with Crippen LogP contribution in [0.1, 0.15) is 38.3 Å². The van der Waals surface area contributed by atoms with Crippen molar-refractivity contribution in [1.29, 1.82) is 0 Å². The summed E-state index contributed by atoms with van der Waals surface area (Å²) in [4.78, 5) is 7.43. The van der Waals surface area contributed by atoms with Crippen LogP contribution in [-0.2, 0) is 6.54 Å². The fraction of sp³-hybridized carbons (Fsp3) is 0.500. The van der Waals surface area contributed by atoms with Gasteiger partial charge < -0.3 is 10.2 Å². The Morgan fingerprint density at radius 2 is 1.95 bits per heavy atom. The lowest BCUT2D eigenvalue weighted by atomic mass is 10.1. The first-order valence-electron chi connectivity index (χ1n) is 8.23. The highest BCUT2D eigenvalue weighted by Gasteiger charge is 2.15. The first kappa shape index (κ1) is 14.3. The molecule has 2 heterocycles. The van der Waals surface area contributed by atoms with Crippen LogP contribution in [-0.4, -0.2) is 24.6 Å². The summed E-state index contributed by atoms with van der Waals surface area (Å²) >= 11 is 0. The molecule has 21 heavy (non-hydrogen) atoms. The third kappa shape index (κ3) is 3.35. The molecule has 1 aliphatic heterocycles. The summed E-state index contributed by atoms with van der Waals surface area (Å²) in [6.07, 6.45) is 5.08. The molecule has 3 heteroatoms. The van der Waals surface area contributed by atoms with Crippen molar-refractivity contribution < 1.29 is 0 Å². The Bertz CT molecular complexity index is 588. The van der Waals surface area contributed by atoms with Gasteiger partial charge in [0, 0.05) is 25.0 Å². The number of hydrogen-bond acceptors (Lipinski definition) is 3. The Morgan fingerprint density at radius 3 is 2.76 bits per heavy atom. The third-order valence-corrected chi connectivity index (χ3v) is 4.16. The maximum Gasteiger partial charge on any atom is 0.136 e. The van der Waals surface area contributed by atoms with E-state index in [0.717, 1.165) is 38.3 Å². The van der Waals surface area contributed by atoms with Gasteiger partial charge in [-0.25, -0.2) is 4.98 Å². The number of anilines is 1. The van der Waals surface area contributed by atoms with Gasteiger partial charge in [0.1, 0.15) is 5.82 Å². The number of pyridine rings is 1. The molecule has 3 rings (SSSR count). The number of fused-ring (bicyclic) bond motifs is 1. The van der Waals surface area contributed by atoms with E-state index in [0.29, 0.717) is 0 Å². The second-order valence-electron chi connectivity index (χ2n) is 5.88. The van der Waals surface area contributed by atoms with Crippen LogP contribution in [0, 0.1) is 0 Å². The van der Waals surface area contributed by atoms with Crippen molar-refractivity contribution in [2.75, 3.05) is 24.5 Å². The van der Waals surface area contributed by atoms with E-state index in [1.807, 2.05) is 0 Å². The molecule has 0 atom stereocenters. The maximum atomic E-state index is 4.96. The monoisotopic (exact) mass is 283 g/mol. The van der Waals surface area contributed by atoms with Gasteiger partial charge in [-0.1, -0.05) is 31.2 Å². The van der Waals surface area contributed by atoms with Crippen LogP contribution in [0.3, 0.4) is 0 Å². The number of hydrogen-bond donors (Lipinski definition) is 1. The van der Waals surface area contributed by atoms with Gasteiger partial charge in [-0.15, -0.1) is 0 Å². The van der Waals surface area contributed by atoms with Crippen LogP contribution >= 0.6 is 0 Å². The molecule has 0 spiro atoms. The summed E-state index contributed by atoms with van der Waals surface area (Å²) in [5.74, 6) is 1.18. The van der Waals surface area contributed by atoms with Crippen LogP contribution < -0.4 is 10.2 Å². The van der Waals surface area contributed by atoms with E-state index in [1.54, 1.807) is 0 Å². The quantitative estimate of drug-likeness (QED) is 0.848. The first-order chi connectivity index (χ1) is 10.4. The zero-order valence-corrected chi connectivity index (χ0v) is 12.9. The van der Waals surface area contributed by atoms with Crippen molar-refractivity contribution in [3.8, 4) is 0 Å². The third-order valence-electron chi connectivity index (χ3n) is 4.16. The highest BCUT2D eigenvalue weighted by atomic mass is 15.2. The van der Waals surface area contributed by atoms with Crippen LogP contribution in [0.5, 0.6) is 0 Å². The fourth-order valence-corrected chi connectivity index (χ4v) is 3.07. The number of rotatable bonds is 5. The lowest BCUT2D eigenvalue weighted by molar-refractivity contribution is 0.573. The van der Waals surface area contributed by atoms with Gasteiger partial charge in [-0.05, 0) is 43.7 Å². The van der Waals surface area contributed by atoms with Gasteiger partial charge in [0.25, 0.3) is 0 Å². The highest BCUT2D eigenvalue weighted by molar-refractivity contribution is 5.92. The summed E-state index contributed by atoms with van der Waals surface area (Å²) in [6.45, 7) is 6.39. The van der Waals surface area contributed by atoms with Gasteiger partial charge in [0.2, 0.25) is 0 Å². The molecule has 0 unspecified atom stereocenters. The minimum atomic E-state index is 0.861. The van der Waals surface area contributed by atoms with E-state index in [2.05, 4.69) is 47.5 Å². The number of piperidine rings is 1. The summed E-state index contributed by atoms with van der Waals surface area (Å²) in [5.41, 5.74) is 1.16. The SMILES string of the molecule is CCCNCc1cc2ccccc2c(N2CCCCC2)n1. The molecule has 1 aliphatic rings. The molecule has 0 amide bonds. The van der Waals surface area contributed by atoms with E-state index < -0.39 is 0 Å². The fourth-order valence-electron chi connectivity index (χ4n) is 3.07. The molecular formula is C18H25N3. The Kier molecular flexibility index (Phi) is 4.71. The van der Waals surface area contributed by atoms with Gasteiger partial charge in [-0.2, -0.15) is 0 Å². The predicted molar refractivity (Wildman–Crippen MR) is 89.8 cm³/mol. The lowest BCUT2D eigenvalue weighted by Crippen LogP contribution is -2.30. The summed E-state index contributed by atoms with van der Waals surface area (Å²) in [5, 5.41) is 6.06. The Labute approximate surface area is 127 Å². The number of nitrogens with zero attached hydrogens (tertiary/aromatic N) is 2. The first-order valence-corrected chi connectivity index (χ1v) is 8.23. The molecule has 1 fully saturated rings. The molecule has 1 saturated heterocycles. The Balaban J connectivity index is 1.94. The molecule has 0 bridgehead atoms. The maximum absolute atomic E-state index is 4.96. The molecule has 0 saturated carbocycles. The molecule has 0 radical (unpaired) electrons. The summed E-state index contributed by atoms with van der Waals surface area (Å²) in [7, 11) is 0. The molecule has 1 aromatic heterocycles. The van der Waals surface area contributed by atoms with E-state index in [1.165, 1.54) is 35.9 Å². The van der Waals surface area contributed by atoms with E-state index in [4.69, 9.17) is 4.98 Å². The zero-order chi connectivity index (χ0) is 14.5. The van der Waals surface area contributed by atoms with Gasteiger partial charge in [0.15, 0.2) is 0 Å². The lowest BCUT2D eigenvalue weighted by Gasteiger charge is -2.29. The highest BCUT2D eigenvalue weighted by Crippen LogP contribution is 2.27. The molecule has 2 aromatic rings. The van der Waals surface area contributed by atoms with Crippen LogP contribution in [0.4, 0.5) is 5.82 Å². The second-order valence-corrected chi connectivity index (χ2v) is 5.88. The number of benzene rings is 1. The van der Waals surface area contributed by atoms with Crippen LogP contribution in [0.25, 0.3) is 10.8 Å². The minimum Gasteiger partial charge on any atom is -0.356 e. The van der Waals surface area contributed by atoms with E-state index in [9.17, 15) is 0 Å². The van der Waals surface area contributed by atoms with Crippen molar-refractivity contribution in [2.24, 2.45) is 0 Å². The van der Waals surface area contributed by atoms with Crippen LogP contribution in [0.2, 0.25) is 0 Å².